The normalized spacial score (nSPS) is 12.5. The number of hydrogen-bond acceptors (Lipinski definition) is 4. The van der Waals surface area contributed by atoms with Crippen LogP contribution in [-0.2, 0) is 26.2 Å². The van der Waals surface area contributed by atoms with Gasteiger partial charge in [0.1, 0.15) is 6.04 Å². The summed E-state index contributed by atoms with van der Waals surface area (Å²) < 4.78 is 26.9. The minimum atomic E-state index is -3.89. The van der Waals surface area contributed by atoms with E-state index in [9.17, 15) is 18.0 Å². The molecule has 2 aromatic rings. The van der Waals surface area contributed by atoms with Crippen molar-refractivity contribution in [2.45, 2.75) is 44.7 Å². The molecule has 2 amide bonds. The molecular weight excluding hydrogens is 485 g/mol. The van der Waals surface area contributed by atoms with Crippen LogP contribution in [0, 0.1) is 6.92 Å². The molecule has 2 aromatic carbocycles. The van der Waals surface area contributed by atoms with E-state index in [0.717, 1.165) is 9.87 Å². The van der Waals surface area contributed by atoms with Crippen LogP contribution in [0.1, 0.15) is 31.4 Å². The number of benzene rings is 2. The molecule has 0 fully saturated rings. The molecule has 10 heteroatoms. The Morgan fingerprint density at radius 3 is 2.24 bits per heavy atom. The largest absolute Gasteiger partial charge is 0.355 e. The number of likely N-dealkylation sites (N-methyl/N-ethyl adjacent to an activating group) is 2. The standard InChI is InChI=1S/C23H29Cl2N3O4S/c1-5-21(23(30)26-6-2)28(14-17-9-10-18(24)13-20(17)25)22(29)15-27(4)33(31,32)19-11-7-16(3)8-12-19/h7-13,21H,5-6,14-15H2,1-4H3,(H,26,30)/t21-/m1/s1. The summed E-state index contributed by atoms with van der Waals surface area (Å²) in [6.45, 7) is 5.43. The van der Waals surface area contributed by atoms with Crippen molar-refractivity contribution >= 4 is 45.0 Å². The van der Waals surface area contributed by atoms with Gasteiger partial charge in [0.15, 0.2) is 0 Å². The first-order chi connectivity index (χ1) is 15.5. The highest BCUT2D eigenvalue weighted by molar-refractivity contribution is 7.89. The minimum absolute atomic E-state index is 0.0307. The third-order valence-electron chi connectivity index (χ3n) is 5.18. The Morgan fingerprint density at radius 1 is 1.06 bits per heavy atom. The van der Waals surface area contributed by atoms with E-state index in [1.165, 1.54) is 24.1 Å². The van der Waals surface area contributed by atoms with Crippen LogP contribution in [0.4, 0.5) is 0 Å². The summed E-state index contributed by atoms with van der Waals surface area (Å²) in [5.74, 6) is -0.834. The van der Waals surface area contributed by atoms with Crippen molar-refractivity contribution in [3.8, 4) is 0 Å². The lowest BCUT2D eigenvalue weighted by atomic mass is 10.1. The van der Waals surface area contributed by atoms with E-state index in [0.29, 0.717) is 28.6 Å². The maximum Gasteiger partial charge on any atom is 0.243 e. The topological polar surface area (TPSA) is 86.8 Å². The van der Waals surface area contributed by atoms with Crippen molar-refractivity contribution in [3.05, 3.63) is 63.6 Å². The van der Waals surface area contributed by atoms with Gasteiger partial charge in [-0.3, -0.25) is 9.59 Å². The second-order valence-electron chi connectivity index (χ2n) is 7.65. The number of nitrogens with one attached hydrogen (secondary N) is 1. The number of aryl methyl sites for hydroxylation is 1. The molecule has 0 unspecified atom stereocenters. The fourth-order valence-corrected chi connectivity index (χ4v) is 4.89. The summed E-state index contributed by atoms with van der Waals surface area (Å²) in [5.41, 5.74) is 1.52. The molecule has 7 nitrogen and oxygen atoms in total. The average Bonchev–Trinajstić information content (AvgIpc) is 2.75. The van der Waals surface area contributed by atoms with Gasteiger partial charge in [-0.1, -0.05) is 53.9 Å². The molecule has 0 aliphatic rings. The van der Waals surface area contributed by atoms with Gasteiger partial charge in [0.05, 0.1) is 11.4 Å². The fourth-order valence-electron chi connectivity index (χ4n) is 3.30. The summed E-state index contributed by atoms with van der Waals surface area (Å²) in [6, 6.07) is 10.5. The Balaban J connectivity index is 2.35. The van der Waals surface area contributed by atoms with E-state index >= 15 is 0 Å². The zero-order chi connectivity index (χ0) is 24.8. The second-order valence-corrected chi connectivity index (χ2v) is 10.5. The number of hydrogen-bond donors (Lipinski definition) is 1. The number of sulfonamides is 1. The first-order valence-corrected chi connectivity index (χ1v) is 12.7. The quantitative estimate of drug-likeness (QED) is 0.522. The zero-order valence-electron chi connectivity index (χ0n) is 19.1. The van der Waals surface area contributed by atoms with Gasteiger partial charge in [-0.15, -0.1) is 0 Å². The first kappa shape index (κ1) is 27.1. The van der Waals surface area contributed by atoms with Gasteiger partial charge in [0.25, 0.3) is 0 Å². The Kier molecular flexibility index (Phi) is 9.72. The van der Waals surface area contributed by atoms with Crippen molar-refractivity contribution in [1.82, 2.24) is 14.5 Å². The predicted octanol–water partition coefficient (Wildman–Crippen LogP) is 3.87. The van der Waals surface area contributed by atoms with Crippen LogP contribution >= 0.6 is 23.2 Å². The van der Waals surface area contributed by atoms with E-state index in [4.69, 9.17) is 23.2 Å². The Hall–Kier alpha value is -2.13. The van der Waals surface area contributed by atoms with Crippen LogP contribution in [0.25, 0.3) is 0 Å². The summed E-state index contributed by atoms with van der Waals surface area (Å²) in [5, 5.41) is 3.54. The molecule has 0 heterocycles. The Morgan fingerprint density at radius 2 is 1.70 bits per heavy atom. The van der Waals surface area contributed by atoms with Crippen LogP contribution in [0.3, 0.4) is 0 Å². The third-order valence-corrected chi connectivity index (χ3v) is 7.58. The number of carbonyl (C=O) groups excluding carboxylic acids is 2. The maximum absolute atomic E-state index is 13.3. The van der Waals surface area contributed by atoms with Crippen LogP contribution in [0.2, 0.25) is 10.0 Å². The average molecular weight is 514 g/mol. The molecular formula is C23H29Cl2N3O4S. The summed E-state index contributed by atoms with van der Waals surface area (Å²) in [4.78, 5) is 27.5. The van der Waals surface area contributed by atoms with E-state index in [1.807, 2.05) is 6.92 Å². The van der Waals surface area contributed by atoms with Gasteiger partial charge >= 0.3 is 0 Å². The Labute approximate surface area is 205 Å². The van der Waals surface area contributed by atoms with Crippen molar-refractivity contribution in [3.63, 3.8) is 0 Å². The predicted molar refractivity (Wildman–Crippen MR) is 131 cm³/mol. The van der Waals surface area contributed by atoms with Crippen LogP contribution < -0.4 is 5.32 Å². The molecule has 2 rings (SSSR count). The lowest BCUT2D eigenvalue weighted by Crippen LogP contribution is -2.51. The third kappa shape index (κ3) is 6.93. The van der Waals surface area contributed by atoms with Crippen LogP contribution in [0.15, 0.2) is 47.4 Å². The first-order valence-electron chi connectivity index (χ1n) is 10.5. The maximum atomic E-state index is 13.3. The van der Waals surface area contributed by atoms with Gasteiger partial charge in [0, 0.05) is 30.2 Å². The fraction of sp³-hybridized carbons (Fsp3) is 0.391. The summed E-state index contributed by atoms with van der Waals surface area (Å²) >= 11 is 12.3. The number of amides is 2. The SMILES string of the molecule is CCNC(=O)[C@@H](CC)N(Cc1ccc(Cl)cc1Cl)C(=O)CN(C)S(=O)(=O)c1ccc(C)cc1. The van der Waals surface area contributed by atoms with Crippen molar-refractivity contribution < 1.29 is 18.0 Å². The number of rotatable bonds is 10. The van der Waals surface area contributed by atoms with Gasteiger partial charge in [0.2, 0.25) is 21.8 Å². The molecule has 0 aliphatic carbocycles. The van der Waals surface area contributed by atoms with E-state index in [-0.39, 0.29) is 17.3 Å². The van der Waals surface area contributed by atoms with E-state index in [2.05, 4.69) is 5.32 Å². The summed E-state index contributed by atoms with van der Waals surface area (Å²) in [6.07, 6.45) is 0.344. The molecule has 0 radical (unpaired) electrons. The molecule has 0 saturated carbocycles. The molecule has 0 aromatic heterocycles. The van der Waals surface area contributed by atoms with Crippen molar-refractivity contribution in [2.75, 3.05) is 20.1 Å². The van der Waals surface area contributed by atoms with Gasteiger partial charge in [-0.05, 0) is 50.1 Å². The lowest BCUT2D eigenvalue weighted by Gasteiger charge is -2.32. The van der Waals surface area contributed by atoms with E-state index < -0.39 is 28.5 Å². The van der Waals surface area contributed by atoms with Gasteiger partial charge in [-0.25, -0.2) is 8.42 Å². The minimum Gasteiger partial charge on any atom is -0.355 e. The van der Waals surface area contributed by atoms with E-state index in [1.54, 1.807) is 44.2 Å². The highest BCUT2D eigenvalue weighted by Crippen LogP contribution is 2.24. The van der Waals surface area contributed by atoms with Crippen molar-refractivity contribution in [2.24, 2.45) is 0 Å². The highest BCUT2D eigenvalue weighted by Gasteiger charge is 2.32. The Bertz CT molecular complexity index is 1090. The zero-order valence-corrected chi connectivity index (χ0v) is 21.5. The van der Waals surface area contributed by atoms with Crippen LogP contribution in [0.5, 0.6) is 0 Å². The number of nitrogens with zero attached hydrogens (tertiary/aromatic N) is 2. The van der Waals surface area contributed by atoms with Crippen LogP contribution in [-0.4, -0.2) is 55.6 Å². The van der Waals surface area contributed by atoms with Gasteiger partial charge in [-0.2, -0.15) is 4.31 Å². The second kappa shape index (κ2) is 11.8. The molecule has 180 valence electrons. The molecule has 0 saturated heterocycles. The molecule has 1 atom stereocenters. The molecule has 0 aliphatic heterocycles. The lowest BCUT2D eigenvalue weighted by molar-refractivity contribution is -0.141. The van der Waals surface area contributed by atoms with Gasteiger partial charge < -0.3 is 10.2 Å². The number of halogens is 2. The monoisotopic (exact) mass is 513 g/mol. The smallest absolute Gasteiger partial charge is 0.243 e. The van der Waals surface area contributed by atoms with Crippen molar-refractivity contribution in [1.29, 1.82) is 0 Å². The molecule has 0 bridgehead atoms. The summed E-state index contributed by atoms with van der Waals surface area (Å²) in [7, 11) is -2.55. The number of carbonyl (C=O) groups is 2. The molecule has 33 heavy (non-hydrogen) atoms. The molecule has 0 spiro atoms. The highest BCUT2D eigenvalue weighted by atomic mass is 35.5. The molecule has 1 N–H and O–H groups in total.